The van der Waals surface area contributed by atoms with Gasteiger partial charge in [-0.2, -0.15) is 0 Å². The van der Waals surface area contributed by atoms with Crippen LogP contribution in [0.4, 0.5) is 5.69 Å². The van der Waals surface area contributed by atoms with Crippen molar-refractivity contribution in [1.29, 1.82) is 0 Å². The highest BCUT2D eigenvalue weighted by Crippen LogP contribution is 2.24. The van der Waals surface area contributed by atoms with Gasteiger partial charge in [-0.3, -0.25) is 4.79 Å². The number of nitrogens with zero attached hydrogens (tertiary/aromatic N) is 2. The Kier molecular flexibility index (Phi) is 3.28. The molecule has 0 radical (unpaired) electrons. The summed E-state index contributed by atoms with van der Waals surface area (Å²) in [5.74, 6) is -0.576. The van der Waals surface area contributed by atoms with Gasteiger partial charge in [-0.15, -0.1) is 11.6 Å². The van der Waals surface area contributed by atoms with Crippen LogP contribution in [0.3, 0.4) is 0 Å². The zero-order chi connectivity index (χ0) is 12.4. The number of amides is 1. The Morgan fingerprint density at radius 3 is 3.00 bits per heavy atom. The third-order valence-corrected chi connectivity index (χ3v) is 2.82. The largest absolute Gasteiger partial charge is 0.464 e. The van der Waals surface area contributed by atoms with Crippen LogP contribution in [0.5, 0.6) is 0 Å². The van der Waals surface area contributed by atoms with Crippen LogP contribution in [0.2, 0.25) is 0 Å². The van der Waals surface area contributed by atoms with E-state index >= 15 is 0 Å². The summed E-state index contributed by atoms with van der Waals surface area (Å²) >= 11 is 5.91. The third-order valence-electron chi connectivity index (χ3n) is 2.53. The molecule has 1 fully saturated rings. The minimum absolute atomic E-state index is 0.0491. The topological polar surface area (TPSA) is 59.5 Å². The van der Waals surface area contributed by atoms with Gasteiger partial charge in [0.05, 0.1) is 12.5 Å². The number of pyridine rings is 1. The molecule has 1 amide bonds. The smallest absolute Gasteiger partial charge is 0.356 e. The highest BCUT2D eigenvalue weighted by Gasteiger charge is 2.29. The van der Waals surface area contributed by atoms with Gasteiger partial charge >= 0.3 is 5.97 Å². The second-order valence-electron chi connectivity index (χ2n) is 3.70. The van der Waals surface area contributed by atoms with Crippen LogP contribution >= 0.6 is 11.6 Å². The first-order valence-electron chi connectivity index (χ1n) is 5.10. The molecule has 2 rings (SSSR count). The standard InChI is InChI=1S/C11H11ClN2O3/c1-17-11(16)9-5-8(2-3-13-9)14-6-7(12)4-10(14)15/h2-3,5,7H,4,6H2,1H3. The normalized spacial score (nSPS) is 19.5. The average molecular weight is 255 g/mol. The summed E-state index contributed by atoms with van der Waals surface area (Å²) in [5.41, 5.74) is 0.796. The summed E-state index contributed by atoms with van der Waals surface area (Å²) in [6, 6.07) is 3.19. The van der Waals surface area contributed by atoms with Crippen LogP contribution < -0.4 is 4.90 Å². The fourth-order valence-corrected chi connectivity index (χ4v) is 1.99. The maximum absolute atomic E-state index is 11.6. The van der Waals surface area contributed by atoms with Gasteiger partial charge in [0.15, 0.2) is 0 Å². The van der Waals surface area contributed by atoms with Crippen molar-refractivity contribution in [3.63, 3.8) is 0 Å². The van der Waals surface area contributed by atoms with Gasteiger partial charge in [-0.25, -0.2) is 9.78 Å². The zero-order valence-corrected chi connectivity index (χ0v) is 9.98. The minimum Gasteiger partial charge on any atom is -0.464 e. The summed E-state index contributed by atoms with van der Waals surface area (Å²) in [4.78, 5) is 28.4. The fraction of sp³-hybridized carbons (Fsp3) is 0.364. The van der Waals surface area contributed by atoms with E-state index in [1.807, 2.05) is 0 Å². The van der Waals surface area contributed by atoms with E-state index in [4.69, 9.17) is 11.6 Å². The molecular weight excluding hydrogens is 244 g/mol. The lowest BCUT2D eigenvalue weighted by Gasteiger charge is -2.15. The van der Waals surface area contributed by atoms with Crippen molar-refractivity contribution < 1.29 is 14.3 Å². The summed E-state index contributed by atoms with van der Waals surface area (Å²) in [6.07, 6.45) is 1.79. The zero-order valence-electron chi connectivity index (χ0n) is 9.22. The predicted molar refractivity (Wildman–Crippen MR) is 62.2 cm³/mol. The summed E-state index contributed by atoms with van der Waals surface area (Å²) in [6.45, 7) is 0.449. The first-order chi connectivity index (χ1) is 8.11. The lowest BCUT2D eigenvalue weighted by atomic mass is 10.3. The number of rotatable bonds is 2. The second kappa shape index (κ2) is 4.71. The fourth-order valence-electron chi connectivity index (χ4n) is 1.72. The molecule has 0 saturated carbocycles. The van der Waals surface area contributed by atoms with Crippen molar-refractivity contribution in [1.82, 2.24) is 4.98 Å². The number of halogens is 1. The first-order valence-corrected chi connectivity index (χ1v) is 5.54. The maximum atomic E-state index is 11.6. The van der Waals surface area contributed by atoms with Gasteiger partial charge in [0.1, 0.15) is 5.69 Å². The van der Waals surface area contributed by atoms with E-state index in [1.54, 1.807) is 11.0 Å². The molecule has 1 saturated heterocycles. The molecule has 90 valence electrons. The van der Waals surface area contributed by atoms with E-state index in [1.165, 1.54) is 19.4 Å². The van der Waals surface area contributed by atoms with Crippen molar-refractivity contribution in [3.8, 4) is 0 Å². The Bertz CT molecular complexity index is 464. The number of hydrogen-bond donors (Lipinski definition) is 0. The van der Waals surface area contributed by atoms with Gasteiger partial charge < -0.3 is 9.64 Å². The Hall–Kier alpha value is -1.62. The summed E-state index contributed by atoms with van der Waals surface area (Å²) < 4.78 is 4.57. The van der Waals surface area contributed by atoms with Crippen molar-refractivity contribution in [2.45, 2.75) is 11.8 Å². The van der Waals surface area contributed by atoms with E-state index in [0.717, 1.165) is 0 Å². The molecule has 0 bridgehead atoms. The molecule has 0 aromatic carbocycles. The van der Waals surface area contributed by atoms with E-state index in [9.17, 15) is 9.59 Å². The van der Waals surface area contributed by atoms with Crippen LogP contribution in [0.15, 0.2) is 18.3 Å². The first kappa shape index (κ1) is 11.9. The number of anilines is 1. The predicted octanol–water partition coefficient (Wildman–Crippen LogP) is 1.21. The molecule has 1 aliphatic heterocycles. The van der Waals surface area contributed by atoms with Gasteiger partial charge in [-0.1, -0.05) is 0 Å². The van der Waals surface area contributed by atoms with Crippen molar-refractivity contribution in [2.75, 3.05) is 18.6 Å². The molecule has 1 atom stereocenters. The van der Waals surface area contributed by atoms with Crippen molar-refractivity contribution in [2.24, 2.45) is 0 Å². The molecule has 1 aliphatic rings. The van der Waals surface area contributed by atoms with E-state index in [0.29, 0.717) is 18.7 Å². The monoisotopic (exact) mass is 254 g/mol. The summed E-state index contributed by atoms with van der Waals surface area (Å²) in [5, 5.41) is -0.183. The number of carbonyl (C=O) groups excluding carboxylic acids is 2. The highest BCUT2D eigenvalue weighted by atomic mass is 35.5. The van der Waals surface area contributed by atoms with Gasteiger partial charge in [-0.05, 0) is 12.1 Å². The molecular formula is C11H11ClN2O3. The number of ether oxygens (including phenoxy) is 1. The number of esters is 1. The number of hydrogen-bond acceptors (Lipinski definition) is 4. The lowest BCUT2D eigenvalue weighted by molar-refractivity contribution is -0.117. The molecule has 1 aromatic heterocycles. The van der Waals surface area contributed by atoms with E-state index < -0.39 is 5.97 Å². The van der Waals surface area contributed by atoms with Gasteiger partial charge in [0.2, 0.25) is 5.91 Å². The Labute approximate surface area is 103 Å². The molecule has 5 nitrogen and oxygen atoms in total. The van der Waals surface area contributed by atoms with Gasteiger partial charge in [0, 0.05) is 24.8 Å². The number of alkyl halides is 1. The summed E-state index contributed by atoms with van der Waals surface area (Å²) in [7, 11) is 1.28. The molecule has 0 spiro atoms. The average Bonchev–Trinajstić information content (AvgIpc) is 2.67. The Balaban J connectivity index is 2.27. The third kappa shape index (κ3) is 2.39. The Morgan fingerprint density at radius 1 is 1.65 bits per heavy atom. The molecule has 1 unspecified atom stereocenters. The minimum atomic E-state index is -0.527. The maximum Gasteiger partial charge on any atom is 0.356 e. The van der Waals surface area contributed by atoms with Crippen LogP contribution in [0.25, 0.3) is 0 Å². The SMILES string of the molecule is COC(=O)c1cc(N2CC(Cl)CC2=O)ccn1. The molecule has 6 heteroatoms. The molecule has 2 heterocycles. The van der Waals surface area contributed by atoms with Crippen LogP contribution in [0, 0.1) is 0 Å². The molecule has 17 heavy (non-hydrogen) atoms. The molecule has 0 N–H and O–H groups in total. The number of carbonyl (C=O) groups is 2. The van der Waals surface area contributed by atoms with Crippen molar-refractivity contribution in [3.05, 3.63) is 24.0 Å². The quantitative estimate of drug-likeness (QED) is 0.588. The number of aromatic nitrogens is 1. The van der Waals surface area contributed by atoms with Crippen LogP contribution in [-0.4, -0.2) is 35.9 Å². The molecule has 0 aliphatic carbocycles. The van der Waals surface area contributed by atoms with E-state index in [2.05, 4.69) is 9.72 Å². The van der Waals surface area contributed by atoms with Crippen LogP contribution in [0.1, 0.15) is 16.9 Å². The van der Waals surface area contributed by atoms with E-state index in [-0.39, 0.29) is 17.0 Å². The second-order valence-corrected chi connectivity index (χ2v) is 4.31. The number of methoxy groups -OCH3 is 1. The van der Waals surface area contributed by atoms with Gasteiger partial charge in [0.25, 0.3) is 0 Å². The van der Waals surface area contributed by atoms with Crippen LogP contribution in [-0.2, 0) is 9.53 Å². The van der Waals surface area contributed by atoms with Crippen molar-refractivity contribution >= 4 is 29.2 Å². The Morgan fingerprint density at radius 2 is 2.41 bits per heavy atom. The lowest BCUT2D eigenvalue weighted by Crippen LogP contribution is -2.25. The highest BCUT2D eigenvalue weighted by molar-refractivity contribution is 6.24. The molecule has 1 aromatic rings.